The van der Waals surface area contributed by atoms with Crippen LogP contribution in [0.4, 0.5) is 0 Å². The van der Waals surface area contributed by atoms with E-state index in [0.717, 1.165) is 11.8 Å². The number of carboxylic acids is 1. The van der Waals surface area contributed by atoms with E-state index in [9.17, 15) is 73.5 Å². The molecule has 64 heavy (non-hydrogen) atoms. The van der Waals surface area contributed by atoms with Gasteiger partial charge in [-0.05, 0) is 80.1 Å². The van der Waals surface area contributed by atoms with E-state index < -0.39 is 144 Å². The first kappa shape index (κ1) is 52.8. The fraction of sp³-hybridized carbons (Fsp3) is 0.744. The van der Waals surface area contributed by atoms with Crippen LogP contribution in [-0.4, -0.2) is 204 Å². The average Bonchev–Trinajstić information content (AvgIpc) is 4.04. The van der Waals surface area contributed by atoms with Crippen LogP contribution in [0.1, 0.15) is 80.1 Å². The van der Waals surface area contributed by atoms with E-state index in [0.29, 0.717) is 19.3 Å². The second-order valence-electron chi connectivity index (χ2n) is 16.6. The van der Waals surface area contributed by atoms with Gasteiger partial charge in [0.15, 0.2) is 6.04 Å². The van der Waals surface area contributed by atoms with E-state index >= 15 is 0 Å². The minimum atomic E-state index is -1.68. The Bertz CT molecular complexity index is 1760. The molecule has 0 bridgehead atoms. The summed E-state index contributed by atoms with van der Waals surface area (Å²) in [5.74, 6) is -8.63. The van der Waals surface area contributed by atoms with E-state index in [1.54, 1.807) is 0 Å². The average molecular weight is 913 g/mol. The number of amides is 9. The van der Waals surface area contributed by atoms with Gasteiger partial charge in [0.25, 0.3) is 0 Å². The largest absolute Gasteiger partial charge is 0.480 e. The fourth-order valence-corrected chi connectivity index (χ4v) is 7.65. The maximum absolute atomic E-state index is 14.0. The number of hydrogen-bond acceptors (Lipinski definition) is 15. The zero-order valence-electron chi connectivity index (χ0n) is 36.8. The van der Waals surface area contributed by atoms with Crippen molar-refractivity contribution >= 4 is 59.1 Å². The first-order valence-corrected chi connectivity index (χ1v) is 21.3. The third-order valence-electron chi connectivity index (χ3n) is 11.5. The van der Waals surface area contributed by atoms with Crippen LogP contribution in [0.15, 0.2) is 0 Å². The molecule has 3 fully saturated rings. The quantitative estimate of drug-likeness (QED) is 0.0540. The van der Waals surface area contributed by atoms with Crippen molar-refractivity contribution in [2.45, 2.75) is 159 Å². The number of rotatable bonds is 20. The monoisotopic (exact) mass is 912 g/mol. The third kappa shape index (κ3) is 13.3. The van der Waals surface area contributed by atoms with Crippen LogP contribution < -0.4 is 37.6 Å². The zero-order chi connectivity index (χ0) is 48.3. The molecule has 13 N–H and O–H groups in total. The number of likely N-dealkylation sites (tertiary alicyclic amines) is 3. The topological polar surface area (TPSA) is 380 Å². The molecule has 0 radical (unpaired) electrons. The van der Waals surface area contributed by atoms with Crippen LogP contribution >= 0.6 is 0 Å². The zero-order valence-corrected chi connectivity index (χ0v) is 36.8. The van der Waals surface area contributed by atoms with E-state index in [2.05, 4.69) is 31.9 Å². The highest BCUT2D eigenvalue weighted by molar-refractivity contribution is 5.99. The van der Waals surface area contributed by atoms with E-state index in [1.807, 2.05) is 0 Å². The summed E-state index contributed by atoms with van der Waals surface area (Å²) in [6.45, 7) is 7.08. The van der Waals surface area contributed by atoms with Crippen LogP contribution in [0.3, 0.4) is 0 Å². The minimum Gasteiger partial charge on any atom is -0.480 e. The second kappa shape index (κ2) is 23.4. The predicted molar refractivity (Wildman–Crippen MR) is 221 cm³/mol. The maximum Gasteiger partial charge on any atom is 0.328 e. The molecular formula is C39H64N10O15. The van der Waals surface area contributed by atoms with Crippen LogP contribution in [0, 0.1) is 0 Å². The molecule has 25 nitrogen and oxygen atoms in total. The highest BCUT2D eigenvalue weighted by atomic mass is 16.4. The normalized spacial score (nSPS) is 23.2. The lowest BCUT2D eigenvalue weighted by Gasteiger charge is -2.34. The Balaban J connectivity index is 1.64. The Hall–Kier alpha value is -5.50. The summed E-state index contributed by atoms with van der Waals surface area (Å²) < 4.78 is 0. The highest BCUT2D eigenvalue weighted by Gasteiger charge is 2.45. The number of nitrogens with one attached hydrogen (secondary N) is 6. The van der Waals surface area contributed by atoms with Crippen molar-refractivity contribution in [3.05, 3.63) is 0 Å². The molecule has 3 aliphatic rings. The second-order valence-corrected chi connectivity index (χ2v) is 16.6. The van der Waals surface area contributed by atoms with Crippen LogP contribution in [0.2, 0.25) is 0 Å². The molecule has 0 aromatic rings. The van der Waals surface area contributed by atoms with E-state index in [1.165, 1.54) is 44.4 Å². The highest BCUT2D eigenvalue weighted by Crippen LogP contribution is 2.26. The number of aliphatic hydroxyl groups excluding tert-OH is 4. The lowest BCUT2D eigenvalue weighted by atomic mass is 10.1. The number of aliphatic carboxylic acids is 1. The van der Waals surface area contributed by atoms with E-state index in [4.69, 9.17) is 5.73 Å². The van der Waals surface area contributed by atoms with Gasteiger partial charge in [-0.1, -0.05) is 0 Å². The van der Waals surface area contributed by atoms with Gasteiger partial charge in [0.2, 0.25) is 53.2 Å². The lowest BCUT2D eigenvalue weighted by Crippen LogP contribution is -2.61. The standard InChI is InChI=1S/C39H64N10O15/c1-17(42-35(59)27(40)20(4)51)30(54)43-19(3)36(60)49-15-9-12-26(49)37(61)47-13-7-11-25(47)34(58)45-28(21(5)52)38(62)48-14-8-10-24(48)33(57)44-23(16-50)32(56)41-18(2)31(55)46-29(22(6)53)39(63)64/h17-29,50-53H,7-16,40H2,1-6H3,(H,41,56)(H,42,59)(H,43,54)(H,44,57)(H,45,58)(H,46,55)(H,63,64)/t17-,18-,19-,20+,21+,22+,23-,24-,25-,26-,27-,28-,29-/m0/s1. The Kier molecular flexibility index (Phi) is 19.3. The Morgan fingerprint density at radius 1 is 0.531 bits per heavy atom. The van der Waals surface area contributed by atoms with Crippen molar-refractivity contribution in [3.8, 4) is 0 Å². The maximum atomic E-state index is 14.0. The lowest BCUT2D eigenvalue weighted by molar-refractivity contribution is -0.149. The molecule has 3 heterocycles. The van der Waals surface area contributed by atoms with Crippen molar-refractivity contribution in [1.29, 1.82) is 0 Å². The molecule has 0 saturated carbocycles. The molecule has 0 unspecified atom stereocenters. The van der Waals surface area contributed by atoms with Gasteiger partial charge in [-0.25, -0.2) is 4.79 Å². The Labute approximate surface area is 369 Å². The molecule has 13 atom stereocenters. The number of aliphatic hydroxyl groups is 4. The smallest absolute Gasteiger partial charge is 0.328 e. The summed E-state index contributed by atoms with van der Waals surface area (Å²) in [4.78, 5) is 134. The van der Waals surface area contributed by atoms with Gasteiger partial charge in [-0.3, -0.25) is 43.2 Å². The number of carbonyl (C=O) groups excluding carboxylic acids is 9. The van der Waals surface area contributed by atoms with Gasteiger partial charge in [-0.2, -0.15) is 0 Å². The summed E-state index contributed by atoms with van der Waals surface area (Å²) in [6.07, 6.45) is -2.43. The van der Waals surface area contributed by atoms with Gasteiger partial charge in [0.1, 0.15) is 54.4 Å². The van der Waals surface area contributed by atoms with Crippen molar-refractivity contribution in [2.24, 2.45) is 5.73 Å². The number of carboxylic acid groups (broad SMARTS) is 1. The number of nitrogens with zero attached hydrogens (tertiary/aromatic N) is 3. The number of carbonyl (C=O) groups is 10. The van der Waals surface area contributed by atoms with Crippen molar-refractivity contribution < 1.29 is 73.5 Å². The summed E-state index contributed by atoms with van der Waals surface area (Å²) in [6, 6.07) is -13.1. The third-order valence-corrected chi connectivity index (χ3v) is 11.5. The first-order chi connectivity index (χ1) is 29.9. The predicted octanol–water partition coefficient (Wildman–Crippen LogP) is -6.53. The molecule has 0 aliphatic carbocycles. The SMILES string of the molecule is C[C@H](NC(=O)[C@H](CO)NC(=O)[C@@H]1CCCN1C(=O)[C@@H](NC(=O)[C@@H]1CCCN1C(=O)[C@@H]1CCCN1C(=O)[C@H](C)NC(=O)[C@H](C)NC(=O)[C@@H](N)[C@@H](C)O)[C@@H](C)O)C(=O)N[C@H](C(=O)O)[C@@H](C)O. The molecule has 3 aliphatic heterocycles. The van der Waals surface area contributed by atoms with Crippen LogP contribution in [0.5, 0.6) is 0 Å². The van der Waals surface area contributed by atoms with Gasteiger partial charge in [-0.15, -0.1) is 0 Å². The van der Waals surface area contributed by atoms with Gasteiger partial charge >= 0.3 is 5.97 Å². The summed E-state index contributed by atoms with van der Waals surface area (Å²) in [5, 5.41) is 63.1. The minimum absolute atomic E-state index is 0.0143. The number of hydrogen-bond donors (Lipinski definition) is 12. The molecule has 0 aromatic heterocycles. The van der Waals surface area contributed by atoms with Crippen LogP contribution in [0.25, 0.3) is 0 Å². The van der Waals surface area contributed by atoms with Gasteiger partial charge < -0.3 is 77.9 Å². The molecule has 3 saturated heterocycles. The summed E-state index contributed by atoms with van der Waals surface area (Å²) in [7, 11) is 0. The fourth-order valence-electron chi connectivity index (χ4n) is 7.65. The molecule has 0 aromatic carbocycles. The van der Waals surface area contributed by atoms with E-state index in [-0.39, 0.29) is 38.9 Å². The first-order valence-electron chi connectivity index (χ1n) is 21.3. The molecule has 360 valence electrons. The molecule has 25 heteroatoms. The Morgan fingerprint density at radius 3 is 1.47 bits per heavy atom. The number of nitrogens with two attached hydrogens (primary N) is 1. The van der Waals surface area contributed by atoms with Crippen LogP contribution in [-0.2, 0) is 47.9 Å². The molecule has 0 spiro atoms. The van der Waals surface area contributed by atoms with Crippen molar-refractivity contribution in [3.63, 3.8) is 0 Å². The summed E-state index contributed by atoms with van der Waals surface area (Å²) >= 11 is 0. The summed E-state index contributed by atoms with van der Waals surface area (Å²) in [5.41, 5.74) is 5.62. The molecular weight excluding hydrogens is 848 g/mol. The van der Waals surface area contributed by atoms with Gasteiger partial charge in [0, 0.05) is 19.6 Å². The van der Waals surface area contributed by atoms with Crippen molar-refractivity contribution in [2.75, 3.05) is 26.2 Å². The molecule has 9 amide bonds. The Morgan fingerprint density at radius 2 is 0.969 bits per heavy atom. The van der Waals surface area contributed by atoms with Gasteiger partial charge in [0.05, 0.1) is 24.9 Å². The van der Waals surface area contributed by atoms with Crippen molar-refractivity contribution in [1.82, 2.24) is 46.6 Å². The molecule has 3 rings (SSSR count).